The zero-order valence-electron chi connectivity index (χ0n) is 10.6. The number of pyridine rings is 1. The van der Waals surface area contributed by atoms with E-state index in [1.165, 1.54) is 0 Å². The van der Waals surface area contributed by atoms with Crippen LogP contribution in [0.25, 0.3) is 11.0 Å². The maximum absolute atomic E-state index is 11.7. The average molecular weight is 279 g/mol. The highest BCUT2D eigenvalue weighted by Crippen LogP contribution is 2.20. The van der Waals surface area contributed by atoms with Crippen LogP contribution in [0, 0.1) is 0 Å². The van der Waals surface area contributed by atoms with E-state index in [-0.39, 0.29) is 5.25 Å². The molecule has 1 atom stereocenters. The van der Waals surface area contributed by atoms with Crippen LogP contribution in [0.2, 0.25) is 0 Å². The van der Waals surface area contributed by atoms with Gasteiger partial charge in [-0.2, -0.15) is 0 Å². The van der Waals surface area contributed by atoms with Gasteiger partial charge in [0.15, 0.2) is 9.84 Å². The predicted octanol–water partition coefficient (Wildman–Crippen LogP) is 1.23. The maximum atomic E-state index is 11.7. The molecular weight excluding hydrogens is 262 g/mol. The summed E-state index contributed by atoms with van der Waals surface area (Å²) < 4.78 is 23.4. The molecule has 3 heterocycles. The number of aromatic amines is 1. The molecule has 2 aromatic heterocycles. The quantitative estimate of drug-likeness (QED) is 0.882. The van der Waals surface area contributed by atoms with Crippen molar-refractivity contribution in [2.45, 2.75) is 24.6 Å². The summed E-state index contributed by atoms with van der Waals surface area (Å²) in [6.45, 7) is 1.20. The van der Waals surface area contributed by atoms with E-state index < -0.39 is 9.84 Å². The highest BCUT2D eigenvalue weighted by molar-refractivity contribution is 7.92. The predicted molar refractivity (Wildman–Crippen MR) is 74.6 cm³/mol. The normalized spacial score (nSPS) is 22.0. The minimum atomic E-state index is -2.85. The highest BCUT2D eigenvalue weighted by Gasteiger charge is 2.30. The summed E-state index contributed by atoms with van der Waals surface area (Å²) in [4.78, 5) is 7.34. The Morgan fingerprint density at radius 3 is 3.16 bits per heavy atom. The molecule has 0 spiro atoms. The van der Waals surface area contributed by atoms with Gasteiger partial charge in [-0.1, -0.05) is 0 Å². The fourth-order valence-electron chi connectivity index (χ4n) is 2.61. The second-order valence-electron chi connectivity index (χ2n) is 4.98. The van der Waals surface area contributed by atoms with Crippen LogP contribution in [-0.2, 0) is 16.4 Å². The lowest BCUT2D eigenvalue weighted by molar-refractivity contribution is 0.574. The fourth-order valence-corrected chi connectivity index (χ4v) is 4.41. The SMILES string of the molecule is O=S1(=O)CCCC1CNCc1c[nH]c2ncccc12. The third-order valence-electron chi connectivity index (χ3n) is 3.69. The Morgan fingerprint density at radius 1 is 1.47 bits per heavy atom. The van der Waals surface area contributed by atoms with E-state index >= 15 is 0 Å². The van der Waals surface area contributed by atoms with E-state index in [1.807, 2.05) is 18.3 Å². The topological polar surface area (TPSA) is 74.8 Å². The van der Waals surface area contributed by atoms with Crippen molar-refractivity contribution >= 4 is 20.9 Å². The van der Waals surface area contributed by atoms with Gasteiger partial charge in [0.05, 0.1) is 11.0 Å². The Kier molecular flexibility index (Phi) is 3.28. The Labute approximate surface area is 112 Å². The first kappa shape index (κ1) is 12.6. The Balaban J connectivity index is 1.64. The molecule has 0 amide bonds. The van der Waals surface area contributed by atoms with Gasteiger partial charge in [-0.05, 0) is 30.5 Å². The largest absolute Gasteiger partial charge is 0.346 e. The van der Waals surface area contributed by atoms with Gasteiger partial charge < -0.3 is 10.3 Å². The third kappa shape index (κ3) is 2.50. The minimum absolute atomic E-state index is 0.212. The molecule has 0 bridgehead atoms. The first-order chi connectivity index (χ1) is 9.17. The molecule has 1 unspecified atom stereocenters. The van der Waals surface area contributed by atoms with Gasteiger partial charge in [0.1, 0.15) is 5.65 Å². The maximum Gasteiger partial charge on any atom is 0.154 e. The molecule has 102 valence electrons. The highest BCUT2D eigenvalue weighted by atomic mass is 32.2. The van der Waals surface area contributed by atoms with Crippen LogP contribution in [0.1, 0.15) is 18.4 Å². The molecule has 2 N–H and O–H groups in total. The van der Waals surface area contributed by atoms with Crippen LogP contribution < -0.4 is 5.32 Å². The molecule has 1 fully saturated rings. The number of H-pyrrole nitrogens is 1. The molecule has 1 aliphatic heterocycles. The van der Waals surface area contributed by atoms with E-state index in [1.54, 1.807) is 6.20 Å². The molecule has 1 saturated heterocycles. The second-order valence-corrected chi connectivity index (χ2v) is 7.38. The standard InChI is InChI=1S/C13H17N3O2S/c17-19(18)6-2-3-11(19)9-14-7-10-8-16-13-12(10)4-1-5-15-13/h1,4-5,8,11,14H,2-3,6-7,9H2,(H,15,16). The van der Waals surface area contributed by atoms with Gasteiger partial charge in [-0.15, -0.1) is 0 Å². The number of rotatable bonds is 4. The van der Waals surface area contributed by atoms with E-state index in [0.29, 0.717) is 18.8 Å². The van der Waals surface area contributed by atoms with Gasteiger partial charge in [0.25, 0.3) is 0 Å². The van der Waals surface area contributed by atoms with Gasteiger partial charge in [0.2, 0.25) is 0 Å². The summed E-state index contributed by atoms with van der Waals surface area (Å²) >= 11 is 0. The smallest absolute Gasteiger partial charge is 0.154 e. The van der Waals surface area contributed by atoms with Crippen molar-refractivity contribution in [2.24, 2.45) is 0 Å². The Hall–Kier alpha value is -1.40. The zero-order chi connectivity index (χ0) is 13.3. The van der Waals surface area contributed by atoms with Crippen molar-refractivity contribution in [3.8, 4) is 0 Å². The first-order valence-electron chi connectivity index (χ1n) is 6.50. The Morgan fingerprint density at radius 2 is 2.37 bits per heavy atom. The van der Waals surface area contributed by atoms with Crippen molar-refractivity contribution in [1.82, 2.24) is 15.3 Å². The summed E-state index contributed by atoms with van der Waals surface area (Å²) in [7, 11) is -2.85. The molecule has 3 rings (SSSR count). The average Bonchev–Trinajstić information content (AvgIpc) is 2.94. The molecule has 19 heavy (non-hydrogen) atoms. The van der Waals surface area contributed by atoms with E-state index in [4.69, 9.17) is 0 Å². The summed E-state index contributed by atoms with van der Waals surface area (Å²) in [5.74, 6) is 0.344. The van der Waals surface area contributed by atoms with Crippen molar-refractivity contribution < 1.29 is 8.42 Å². The number of sulfone groups is 1. The van der Waals surface area contributed by atoms with Gasteiger partial charge in [-0.3, -0.25) is 0 Å². The van der Waals surface area contributed by atoms with Crippen molar-refractivity contribution in [2.75, 3.05) is 12.3 Å². The van der Waals surface area contributed by atoms with Crippen molar-refractivity contribution in [3.63, 3.8) is 0 Å². The number of nitrogens with one attached hydrogen (secondary N) is 2. The Bertz CT molecular complexity index is 678. The summed E-state index contributed by atoms with van der Waals surface area (Å²) in [6.07, 6.45) is 5.26. The van der Waals surface area contributed by atoms with Crippen LogP contribution in [-0.4, -0.2) is 35.9 Å². The molecule has 0 aromatic carbocycles. The monoisotopic (exact) mass is 279 g/mol. The third-order valence-corrected chi connectivity index (χ3v) is 5.96. The minimum Gasteiger partial charge on any atom is -0.346 e. The number of hydrogen-bond acceptors (Lipinski definition) is 4. The summed E-state index contributed by atoms with van der Waals surface area (Å²) in [5, 5.41) is 4.13. The van der Waals surface area contributed by atoms with Crippen molar-refractivity contribution in [3.05, 3.63) is 30.1 Å². The number of hydrogen-bond donors (Lipinski definition) is 2. The number of fused-ring (bicyclic) bond motifs is 1. The van der Waals surface area contributed by atoms with E-state index in [0.717, 1.165) is 29.4 Å². The lowest BCUT2D eigenvalue weighted by Gasteiger charge is -2.10. The van der Waals surface area contributed by atoms with E-state index in [2.05, 4.69) is 15.3 Å². The number of nitrogens with zero attached hydrogens (tertiary/aromatic N) is 1. The molecule has 2 aromatic rings. The van der Waals surface area contributed by atoms with Crippen LogP contribution in [0.15, 0.2) is 24.5 Å². The lowest BCUT2D eigenvalue weighted by atomic mass is 10.2. The molecule has 5 nitrogen and oxygen atoms in total. The first-order valence-corrected chi connectivity index (χ1v) is 8.21. The van der Waals surface area contributed by atoms with Gasteiger partial charge in [-0.25, -0.2) is 13.4 Å². The summed E-state index contributed by atoms with van der Waals surface area (Å²) in [5.41, 5.74) is 1.99. The van der Waals surface area contributed by atoms with Gasteiger partial charge in [0, 0.05) is 30.9 Å². The van der Waals surface area contributed by atoms with Crippen LogP contribution in [0.4, 0.5) is 0 Å². The van der Waals surface area contributed by atoms with E-state index in [9.17, 15) is 8.42 Å². The van der Waals surface area contributed by atoms with Gasteiger partial charge >= 0.3 is 0 Å². The summed E-state index contributed by atoms with van der Waals surface area (Å²) in [6, 6.07) is 3.92. The second kappa shape index (κ2) is 4.94. The molecule has 1 aliphatic rings. The number of aromatic nitrogens is 2. The van der Waals surface area contributed by atoms with Crippen LogP contribution in [0.3, 0.4) is 0 Å². The fraction of sp³-hybridized carbons (Fsp3) is 0.462. The molecular formula is C13H17N3O2S. The van der Waals surface area contributed by atoms with Crippen LogP contribution in [0.5, 0.6) is 0 Å². The molecule has 0 radical (unpaired) electrons. The van der Waals surface area contributed by atoms with Crippen molar-refractivity contribution in [1.29, 1.82) is 0 Å². The molecule has 0 saturated carbocycles. The molecule has 0 aliphatic carbocycles. The molecule has 6 heteroatoms. The zero-order valence-corrected chi connectivity index (χ0v) is 11.4. The van der Waals surface area contributed by atoms with Crippen LogP contribution >= 0.6 is 0 Å². The lowest BCUT2D eigenvalue weighted by Crippen LogP contribution is -2.30.